The predicted molar refractivity (Wildman–Crippen MR) is 152 cm³/mol. The lowest BCUT2D eigenvalue weighted by Gasteiger charge is -2.32. The lowest BCUT2D eigenvalue weighted by atomic mass is 10.0. The maximum Gasteiger partial charge on any atom is 0.406 e. The molecule has 1 aliphatic heterocycles. The quantitative estimate of drug-likeness (QED) is 0.254. The fourth-order valence-electron chi connectivity index (χ4n) is 4.70. The highest BCUT2D eigenvalue weighted by atomic mass is 35.5. The molecular formula is C28H23ClF3N5O3S. The largest absolute Gasteiger partial charge is 0.406 e. The summed E-state index contributed by atoms with van der Waals surface area (Å²) in [7, 11) is 0. The number of rotatable bonds is 7. The lowest BCUT2D eigenvalue weighted by molar-refractivity contribution is -0.118. The van der Waals surface area contributed by atoms with Gasteiger partial charge in [0.05, 0.1) is 58.2 Å². The summed E-state index contributed by atoms with van der Waals surface area (Å²) in [4.78, 5) is 11.6. The molecule has 212 valence electrons. The van der Waals surface area contributed by atoms with Crippen molar-refractivity contribution in [3.05, 3.63) is 77.1 Å². The smallest absolute Gasteiger partial charge is 0.378 e. The van der Waals surface area contributed by atoms with Crippen LogP contribution in [0.4, 0.5) is 30.2 Å². The van der Waals surface area contributed by atoms with Crippen molar-refractivity contribution in [3.63, 3.8) is 0 Å². The maximum atomic E-state index is 13.7. The van der Waals surface area contributed by atoms with Crippen molar-refractivity contribution in [3.8, 4) is 17.2 Å². The standard InChI is InChI=1S/C28H23ClF3N5O3S/c29-24-13-23(11-20(14-33)27(24)36-7-9-40-10-8-36)37(17-28(30,31)32)22-4-1-18(2-5-22)19-3-6-25-26(12-19)34-15-21(35-25)16-41(38)39/h1-6,11-13,15H,7-10,16-17H2,(H,38,39). The third-order valence-corrected chi connectivity index (χ3v) is 7.35. The molecule has 13 heteroatoms. The number of ether oxygens (including phenoxy) is 1. The van der Waals surface area contributed by atoms with E-state index in [1.165, 1.54) is 18.3 Å². The number of fused-ring (bicyclic) bond motifs is 1. The molecule has 1 unspecified atom stereocenters. The van der Waals surface area contributed by atoms with E-state index < -0.39 is 23.8 Å². The van der Waals surface area contributed by atoms with Crippen LogP contribution in [0.2, 0.25) is 5.02 Å². The Labute approximate surface area is 241 Å². The summed E-state index contributed by atoms with van der Waals surface area (Å²) < 4.78 is 66.7. The van der Waals surface area contributed by atoms with Crippen LogP contribution in [-0.4, -0.2) is 57.8 Å². The van der Waals surface area contributed by atoms with Gasteiger partial charge < -0.3 is 19.1 Å². The van der Waals surface area contributed by atoms with E-state index in [-0.39, 0.29) is 27.7 Å². The van der Waals surface area contributed by atoms with Gasteiger partial charge >= 0.3 is 6.18 Å². The molecule has 0 amide bonds. The van der Waals surface area contributed by atoms with Crippen LogP contribution in [0.3, 0.4) is 0 Å². The molecule has 3 aromatic carbocycles. The molecule has 1 fully saturated rings. The van der Waals surface area contributed by atoms with E-state index in [1.54, 1.807) is 42.5 Å². The van der Waals surface area contributed by atoms with Gasteiger partial charge in [0.15, 0.2) is 11.1 Å². The highest BCUT2D eigenvalue weighted by molar-refractivity contribution is 7.78. The Balaban J connectivity index is 1.47. The van der Waals surface area contributed by atoms with Gasteiger partial charge in [-0.25, -0.2) is 9.19 Å². The van der Waals surface area contributed by atoms with Gasteiger partial charge in [-0.3, -0.25) is 4.98 Å². The second kappa shape index (κ2) is 12.0. The first-order valence-corrected chi connectivity index (χ1v) is 14.1. The van der Waals surface area contributed by atoms with Crippen LogP contribution >= 0.6 is 11.6 Å². The summed E-state index contributed by atoms with van der Waals surface area (Å²) in [5.41, 5.74) is 4.10. The van der Waals surface area contributed by atoms with E-state index >= 15 is 0 Å². The molecule has 1 aromatic heterocycles. The van der Waals surface area contributed by atoms with Crippen molar-refractivity contribution < 1.29 is 26.7 Å². The number of nitrogens with zero attached hydrogens (tertiary/aromatic N) is 5. The first-order valence-electron chi connectivity index (χ1n) is 12.5. The second-order valence-electron chi connectivity index (χ2n) is 9.31. The fourth-order valence-corrected chi connectivity index (χ4v) is 5.43. The first kappa shape index (κ1) is 28.8. The number of morpholine rings is 1. The Morgan fingerprint density at radius 3 is 2.41 bits per heavy atom. The van der Waals surface area contributed by atoms with Gasteiger partial charge in [0, 0.05) is 24.5 Å². The number of halogens is 4. The summed E-state index contributed by atoms with van der Waals surface area (Å²) in [5.74, 6) is -0.127. The molecule has 41 heavy (non-hydrogen) atoms. The third kappa shape index (κ3) is 6.77. The van der Waals surface area contributed by atoms with Crippen molar-refractivity contribution >= 4 is 50.8 Å². The fraction of sp³-hybridized carbons (Fsp3) is 0.250. The Morgan fingerprint density at radius 2 is 1.76 bits per heavy atom. The molecule has 1 saturated heterocycles. The number of alkyl halides is 3. The molecule has 5 rings (SSSR count). The second-order valence-corrected chi connectivity index (χ2v) is 10.7. The summed E-state index contributed by atoms with van der Waals surface area (Å²) in [6.45, 7) is 0.689. The van der Waals surface area contributed by atoms with Crippen molar-refractivity contribution in [2.24, 2.45) is 0 Å². The van der Waals surface area contributed by atoms with Gasteiger partial charge in [0.1, 0.15) is 12.6 Å². The van der Waals surface area contributed by atoms with Crippen molar-refractivity contribution in [2.75, 3.05) is 42.6 Å². The van der Waals surface area contributed by atoms with Crippen LogP contribution in [0, 0.1) is 11.3 Å². The SMILES string of the molecule is N#Cc1cc(N(CC(F)(F)F)c2ccc(-c3ccc4nc(CS(=O)O)cnc4c3)cc2)cc(Cl)c1N1CCOCC1. The zero-order chi connectivity index (χ0) is 29.1. The van der Waals surface area contributed by atoms with E-state index in [0.29, 0.717) is 48.7 Å². The van der Waals surface area contributed by atoms with Crippen molar-refractivity contribution in [1.29, 1.82) is 5.26 Å². The molecule has 2 heterocycles. The number of nitriles is 1. The Hall–Kier alpha value is -3.76. The molecule has 0 aliphatic carbocycles. The zero-order valence-electron chi connectivity index (χ0n) is 21.4. The number of aromatic nitrogens is 2. The first-order chi connectivity index (χ1) is 19.6. The molecule has 0 radical (unpaired) electrons. The molecule has 0 bridgehead atoms. The van der Waals surface area contributed by atoms with Crippen LogP contribution in [0.5, 0.6) is 0 Å². The molecule has 8 nitrogen and oxygen atoms in total. The Kier molecular flexibility index (Phi) is 8.42. The molecule has 0 spiro atoms. The number of benzene rings is 3. The number of hydrogen-bond donors (Lipinski definition) is 1. The van der Waals surface area contributed by atoms with Crippen LogP contribution in [0.25, 0.3) is 22.2 Å². The molecule has 1 atom stereocenters. The van der Waals surface area contributed by atoms with E-state index in [4.69, 9.17) is 20.9 Å². The molecular weight excluding hydrogens is 579 g/mol. The van der Waals surface area contributed by atoms with Crippen LogP contribution < -0.4 is 9.80 Å². The monoisotopic (exact) mass is 601 g/mol. The third-order valence-electron chi connectivity index (χ3n) is 6.52. The Morgan fingerprint density at radius 1 is 1.05 bits per heavy atom. The molecule has 1 N–H and O–H groups in total. The van der Waals surface area contributed by atoms with Gasteiger partial charge in [-0.1, -0.05) is 29.8 Å². The van der Waals surface area contributed by atoms with Crippen LogP contribution in [0.1, 0.15) is 11.3 Å². The zero-order valence-corrected chi connectivity index (χ0v) is 23.0. The minimum absolute atomic E-state index is 0.127. The predicted octanol–water partition coefficient (Wildman–Crippen LogP) is 6.08. The average molecular weight is 602 g/mol. The summed E-state index contributed by atoms with van der Waals surface area (Å²) in [5, 5.41) is 10.0. The molecule has 1 aliphatic rings. The van der Waals surface area contributed by atoms with E-state index in [9.17, 15) is 22.6 Å². The minimum Gasteiger partial charge on any atom is -0.378 e. The van der Waals surface area contributed by atoms with Crippen LogP contribution in [-0.2, 0) is 21.6 Å². The normalized spacial score (nSPS) is 14.6. The maximum absolute atomic E-state index is 13.7. The molecule has 4 aromatic rings. The van der Waals surface area contributed by atoms with Gasteiger partial charge in [-0.05, 0) is 47.5 Å². The Bertz CT molecular complexity index is 1640. The average Bonchev–Trinajstić information content (AvgIpc) is 2.95. The van der Waals surface area contributed by atoms with E-state index in [2.05, 4.69) is 16.0 Å². The van der Waals surface area contributed by atoms with Gasteiger partial charge in [-0.2, -0.15) is 18.4 Å². The summed E-state index contributed by atoms with van der Waals surface area (Å²) >= 11 is 4.52. The van der Waals surface area contributed by atoms with E-state index in [0.717, 1.165) is 16.0 Å². The minimum atomic E-state index is -4.53. The van der Waals surface area contributed by atoms with Crippen molar-refractivity contribution in [1.82, 2.24) is 9.97 Å². The van der Waals surface area contributed by atoms with Crippen LogP contribution in [0.15, 0.2) is 60.8 Å². The topological polar surface area (TPSA) is 103 Å². The highest BCUT2D eigenvalue weighted by Crippen LogP contribution is 2.39. The number of anilines is 3. The lowest BCUT2D eigenvalue weighted by Crippen LogP contribution is -2.37. The summed E-state index contributed by atoms with van der Waals surface area (Å²) in [6.07, 6.45) is -3.09. The van der Waals surface area contributed by atoms with E-state index in [1.807, 2.05) is 4.90 Å². The highest BCUT2D eigenvalue weighted by Gasteiger charge is 2.32. The number of hydrogen-bond acceptors (Lipinski definition) is 7. The van der Waals surface area contributed by atoms with Gasteiger partial charge in [0.2, 0.25) is 0 Å². The van der Waals surface area contributed by atoms with Crippen molar-refractivity contribution in [2.45, 2.75) is 11.9 Å². The molecule has 0 saturated carbocycles. The summed E-state index contributed by atoms with van der Waals surface area (Å²) in [6, 6.07) is 16.8. The van der Waals surface area contributed by atoms with Gasteiger partial charge in [0.25, 0.3) is 0 Å². The van der Waals surface area contributed by atoms with Gasteiger partial charge in [-0.15, -0.1) is 0 Å².